The van der Waals surface area contributed by atoms with Crippen LogP contribution in [0.2, 0.25) is 4.34 Å². The maximum Gasteiger partial charge on any atom is 0.222 e. The number of carbonyl (C=O) groups excluding carboxylic acids is 1. The average molecular weight is 386 g/mol. The van der Waals surface area contributed by atoms with Crippen LogP contribution in [0.25, 0.3) is 0 Å². The van der Waals surface area contributed by atoms with Crippen molar-refractivity contribution in [2.75, 3.05) is 46.3 Å². The standard InChI is InChI=1S/C17H28ClN5OS/c1-13(2)16(24)20-6-7-21-17(19-3)23-10-8-22(9-11-23)12-14-4-5-15(18)25-14/h4-5,13H,6-12H2,1-3H3,(H,19,21)(H,20,24). The molecule has 0 saturated carbocycles. The Kier molecular flexibility index (Phi) is 7.99. The maximum atomic E-state index is 11.6. The van der Waals surface area contributed by atoms with Gasteiger partial charge in [0.25, 0.3) is 0 Å². The molecule has 1 fully saturated rings. The molecule has 1 aromatic heterocycles. The molecule has 1 amide bonds. The summed E-state index contributed by atoms with van der Waals surface area (Å²) in [4.78, 5) is 21.9. The number of carbonyl (C=O) groups is 1. The predicted molar refractivity (Wildman–Crippen MR) is 105 cm³/mol. The van der Waals surface area contributed by atoms with E-state index in [9.17, 15) is 4.79 Å². The van der Waals surface area contributed by atoms with Crippen molar-refractivity contribution in [3.8, 4) is 0 Å². The molecule has 6 nitrogen and oxygen atoms in total. The molecule has 2 N–H and O–H groups in total. The second-order valence-corrected chi connectivity index (χ2v) is 8.19. The first-order chi connectivity index (χ1) is 12.0. The van der Waals surface area contributed by atoms with Gasteiger partial charge in [0.2, 0.25) is 5.91 Å². The smallest absolute Gasteiger partial charge is 0.222 e. The van der Waals surface area contributed by atoms with Crippen molar-refractivity contribution < 1.29 is 4.79 Å². The van der Waals surface area contributed by atoms with Gasteiger partial charge < -0.3 is 15.5 Å². The molecule has 1 aliphatic heterocycles. The Morgan fingerprint density at radius 2 is 1.92 bits per heavy atom. The Bertz CT molecular complexity index is 581. The minimum absolute atomic E-state index is 0.0191. The molecule has 2 rings (SSSR count). The fourth-order valence-electron chi connectivity index (χ4n) is 2.67. The summed E-state index contributed by atoms with van der Waals surface area (Å²) >= 11 is 7.65. The third kappa shape index (κ3) is 6.49. The molecule has 0 aromatic carbocycles. The molecule has 0 aliphatic carbocycles. The zero-order valence-corrected chi connectivity index (χ0v) is 16.8. The summed E-state index contributed by atoms with van der Waals surface area (Å²) in [6.07, 6.45) is 0. The van der Waals surface area contributed by atoms with Gasteiger partial charge in [-0.3, -0.25) is 14.7 Å². The van der Waals surface area contributed by atoms with Crippen molar-refractivity contribution >= 4 is 34.8 Å². The largest absolute Gasteiger partial charge is 0.354 e. The predicted octanol–water partition coefficient (Wildman–Crippen LogP) is 1.87. The van der Waals surface area contributed by atoms with E-state index < -0.39 is 0 Å². The Morgan fingerprint density at radius 1 is 1.24 bits per heavy atom. The van der Waals surface area contributed by atoms with Crippen molar-refractivity contribution in [3.05, 3.63) is 21.3 Å². The first kappa shape index (κ1) is 20.0. The fraction of sp³-hybridized carbons (Fsp3) is 0.647. The quantitative estimate of drug-likeness (QED) is 0.446. The van der Waals surface area contributed by atoms with Gasteiger partial charge in [-0.15, -0.1) is 11.3 Å². The number of piperazine rings is 1. The summed E-state index contributed by atoms with van der Waals surface area (Å²) in [5, 5.41) is 6.24. The second-order valence-electron chi connectivity index (χ2n) is 6.39. The Hall–Kier alpha value is -1.31. The van der Waals surface area contributed by atoms with Gasteiger partial charge in [0, 0.05) is 63.7 Å². The van der Waals surface area contributed by atoms with Crippen LogP contribution in [0.15, 0.2) is 17.1 Å². The summed E-state index contributed by atoms with van der Waals surface area (Å²) in [6, 6.07) is 4.06. The molecule has 2 heterocycles. The van der Waals surface area contributed by atoms with Crippen molar-refractivity contribution in [1.82, 2.24) is 20.4 Å². The summed E-state index contributed by atoms with van der Waals surface area (Å²) in [7, 11) is 1.80. The van der Waals surface area contributed by atoms with E-state index in [-0.39, 0.29) is 11.8 Å². The number of thiophene rings is 1. The van der Waals surface area contributed by atoms with Crippen LogP contribution in [-0.2, 0) is 11.3 Å². The van der Waals surface area contributed by atoms with Crippen LogP contribution < -0.4 is 10.6 Å². The monoisotopic (exact) mass is 385 g/mol. The molecule has 25 heavy (non-hydrogen) atoms. The van der Waals surface area contributed by atoms with Crippen molar-refractivity contribution in [2.45, 2.75) is 20.4 Å². The van der Waals surface area contributed by atoms with E-state index in [0.29, 0.717) is 13.1 Å². The molecule has 8 heteroatoms. The minimum atomic E-state index is 0.0191. The van der Waals surface area contributed by atoms with Crippen LogP contribution in [0.1, 0.15) is 18.7 Å². The van der Waals surface area contributed by atoms with E-state index in [1.807, 2.05) is 19.9 Å². The molecular weight excluding hydrogens is 358 g/mol. The van der Waals surface area contributed by atoms with Crippen LogP contribution in [-0.4, -0.2) is 68.0 Å². The van der Waals surface area contributed by atoms with Crippen LogP contribution in [0.3, 0.4) is 0 Å². The topological polar surface area (TPSA) is 60.0 Å². The van der Waals surface area contributed by atoms with Crippen LogP contribution in [0, 0.1) is 5.92 Å². The molecule has 0 unspecified atom stereocenters. The normalized spacial score (nSPS) is 16.4. The second kappa shape index (κ2) is 9.99. The lowest BCUT2D eigenvalue weighted by Gasteiger charge is -2.36. The molecular formula is C17H28ClN5OS. The van der Waals surface area contributed by atoms with Gasteiger partial charge in [0.15, 0.2) is 5.96 Å². The van der Waals surface area contributed by atoms with Gasteiger partial charge in [-0.1, -0.05) is 25.4 Å². The SMILES string of the molecule is CN=C(NCCNC(=O)C(C)C)N1CCN(Cc2ccc(Cl)s2)CC1. The number of aliphatic imine (C=N–C) groups is 1. The number of amides is 1. The molecule has 140 valence electrons. The Morgan fingerprint density at radius 3 is 2.48 bits per heavy atom. The molecule has 0 radical (unpaired) electrons. The maximum absolute atomic E-state index is 11.6. The average Bonchev–Trinajstić information content (AvgIpc) is 3.00. The number of hydrogen-bond acceptors (Lipinski definition) is 4. The first-order valence-corrected chi connectivity index (χ1v) is 9.89. The molecule has 0 spiro atoms. The van der Waals surface area contributed by atoms with E-state index in [1.54, 1.807) is 18.4 Å². The summed E-state index contributed by atoms with van der Waals surface area (Å²) < 4.78 is 0.850. The third-order valence-corrected chi connectivity index (χ3v) is 5.34. The number of hydrogen-bond donors (Lipinski definition) is 2. The van der Waals surface area contributed by atoms with Gasteiger partial charge in [-0.2, -0.15) is 0 Å². The zero-order valence-electron chi connectivity index (χ0n) is 15.2. The summed E-state index contributed by atoms with van der Waals surface area (Å²) in [5.41, 5.74) is 0. The Balaban J connectivity index is 1.69. The molecule has 0 bridgehead atoms. The number of nitrogens with zero attached hydrogens (tertiary/aromatic N) is 3. The molecule has 1 aromatic rings. The van der Waals surface area contributed by atoms with E-state index in [0.717, 1.165) is 43.0 Å². The highest BCUT2D eigenvalue weighted by atomic mass is 35.5. The fourth-order valence-corrected chi connectivity index (χ4v) is 3.80. The van der Waals surface area contributed by atoms with Gasteiger partial charge in [0.05, 0.1) is 4.34 Å². The van der Waals surface area contributed by atoms with Crippen LogP contribution >= 0.6 is 22.9 Å². The molecule has 1 aliphatic rings. The lowest BCUT2D eigenvalue weighted by atomic mass is 10.2. The zero-order chi connectivity index (χ0) is 18.2. The number of nitrogens with one attached hydrogen (secondary N) is 2. The van der Waals surface area contributed by atoms with Crippen molar-refractivity contribution in [1.29, 1.82) is 0 Å². The number of guanidine groups is 1. The van der Waals surface area contributed by atoms with Crippen LogP contribution in [0.4, 0.5) is 0 Å². The number of halogens is 1. The lowest BCUT2D eigenvalue weighted by molar-refractivity contribution is -0.123. The number of rotatable bonds is 6. The van der Waals surface area contributed by atoms with Crippen LogP contribution in [0.5, 0.6) is 0 Å². The first-order valence-electron chi connectivity index (χ1n) is 8.69. The Labute approximate surface area is 159 Å². The highest BCUT2D eigenvalue weighted by molar-refractivity contribution is 7.16. The third-order valence-electron chi connectivity index (χ3n) is 4.12. The molecule has 0 atom stereocenters. The summed E-state index contributed by atoms with van der Waals surface area (Å²) in [6.45, 7) is 9.91. The molecule has 1 saturated heterocycles. The van der Waals surface area contributed by atoms with Gasteiger partial charge in [0.1, 0.15) is 0 Å². The van der Waals surface area contributed by atoms with E-state index >= 15 is 0 Å². The van der Waals surface area contributed by atoms with E-state index in [4.69, 9.17) is 11.6 Å². The highest BCUT2D eigenvalue weighted by Crippen LogP contribution is 2.23. The van der Waals surface area contributed by atoms with Gasteiger partial charge in [-0.25, -0.2) is 0 Å². The highest BCUT2D eigenvalue weighted by Gasteiger charge is 2.20. The van der Waals surface area contributed by atoms with Crippen molar-refractivity contribution in [2.24, 2.45) is 10.9 Å². The summed E-state index contributed by atoms with van der Waals surface area (Å²) in [5.74, 6) is 1.00. The van der Waals surface area contributed by atoms with Crippen molar-refractivity contribution in [3.63, 3.8) is 0 Å². The van der Waals surface area contributed by atoms with Gasteiger partial charge >= 0.3 is 0 Å². The van der Waals surface area contributed by atoms with E-state index in [1.165, 1.54) is 4.88 Å². The van der Waals surface area contributed by atoms with E-state index in [2.05, 4.69) is 31.5 Å². The minimum Gasteiger partial charge on any atom is -0.354 e. The lowest BCUT2D eigenvalue weighted by Crippen LogP contribution is -2.53. The van der Waals surface area contributed by atoms with Gasteiger partial charge in [-0.05, 0) is 12.1 Å².